The van der Waals surface area contributed by atoms with Crippen LogP contribution in [0.5, 0.6) is 0 Å². The van der Waals surface area contributed by atoms with Crippen LogP contribution in [-0.2, 0) is 16.1 Å². The topological polar surface area (TPSA) is 88.7 Å². The molecular weight excluding hydrogens is 330 g/mol. The molecule has 134 valence electrons. The Kier molecular flexibility index (Phi) is 5.36. The predicted molar refractivity (Wildman–Crippen MR) is 99.4 cm³/mol. The Morgan fingerprint density at radius 3 is 2.62 bits per heavy atom. The molecule has 7 heteroatoms. The highest BCUT2D eigenvalue weighted by molar-refractivity contribution is 6.14. The molecule has 0 saturated heterocycles. The number of aromatic nitrogens is 2. The van der Waals surface area contributed by atoms with Crippen LogP contribution in [0.4, 0.5) is 0 Å². The van der Waals surface area contributed by atoms with Crippen LogP contribution in [0.2, 0.25) is 0 Å². The Labute approximate surface area is 151 Å². The third-order valence-corrected chi connectivity index (χ3v) is 4.30. The Morgan fingerprint density at radius 2 is 1.96 bits per heavy atom. The Balaban J connectivity index is 1.47. The third kappa shape index (κ3) is 4.30. The van der Waals surface area contributed by atoms with Gasteiger partial charge in [0.25, 0.3) is 5.91 Å². The van der Waals surface area contributed by atoms with Crippen LogP contribution < -0.4 is 5.32 Å². The van der Waals surface area contributed by atoms with Crippen LogP contribution in [-0.4, -0.2) is 32.9 Å². The molecular formula is C19H21N5O2. The van der Waals surface area contributed by atoms with Crippen molar-refractivity contribution in [3.05, 3.63) is 48.5 Å². The van der Waals surface area contributed by atoms with Crippen LogP contribution in [0.15, 0.2) is 53.0 Å². The summed E-state index contributed by atoms with van der Waals surface area (Å²) in [5, 5.41) is 2.89. The van der Waals surface area contributed by atoms with Gasteiger partial charge >= 0.3 is 0 Å². The summed E-state index contributed by atoms with van der Waals surface area (Å²) in [4.78, 5) is 36.1. The fraction of sp³-hybridized carbons (Fsp3) is 0.316. The van der Waals surface area contributed by atoms with Crippen molar-refractivity contribution < 1.29 is 9.59 Å². The van der Waals surface area contributed by atoms with E-state index in [1.807, 2.05) is 35.0 Å². The van der Waals surface area contributed by atoms with Gasteiger partial charge in [-0.15, -0.1) is 0 Å². The molecule has 7 nitrogen and oxygen atoms in total. The Bertz CT molecular complexity index is 851. The number of rotatable bonds is 6. The summed E-state index contributed by atoms with van der Waals surface area (Å²) in [5.74, 6) is -0.209. The van der Waals surface area contributed by atoms with E-state index in [0.29, 0.717) is 18.8 Å². The summed E-state index contributed by atoms with van der Waals surface area (Å²) in [6, 6.07) is 7.89. The Morgan fingerprint density at radius 1 is 1.19 bits per heavy atom. The van der Waals surface area contributed by atoms with Gasteiger partial charge in [0.05, 0.1) is 12.2 Å². The highest BCUT2D eigenvalue weighted by Gasteiger charge is 2.25. The van der Waals surface area contributed by atoms with E-state index < -0.39 is 0 Å². The van der Waals surface area contributed by atoms with Crippen molar-refractivity contribution in [2.75, 3.05) is 0 Å². The number of benzene rings is 1. The summed E-state index contributed by atoms with van der Waals surface area (Å²) in [5.41, 5.74) is 2.75. The van der Waals surface area contributed by atoms with Crippen LogP contribution in [0.3, 0.4) is 0 Å². The van der Waals surface area contributed by atoms with Gasteiger partial charge in [-0.2, -0.15) is 4.99 Å². The van der Waals surface area contributed by atoms with E-state index in [1.54, 1.807) is 26.4 Å². The molecule has 3 rings (SSSR count). The van der Waals surface area contributed by atoms with Crippen LogP contribution in [0.1, 0.15) is 32.3 Å². The first-order chi connectivity index (χ1) is 12.5. The minimum absolute atomic E-state index is 0.0874. The molecule has 0 radical (unpaired) electrons. The van der Waals surface area contributed by atoms with Gasteiger partial charge in [0, 0.05) is 36.8 Å². The number of amidine groups is 1. The smallest absolute Gasteiger partial charge is 0.256 e. The number of hydrogen-bond donors (Lipinski definition) is 1. The zero-order valence-electron chi connectivity index (χ0n) is 14.8. The van der Waals surface area contributed by atoms with E-state index in [9.17, 15) is 9.59 Å². The standard InChI is InChI=1S/C19H21N5O2/c1-13-17(19(26)23-14(2)22-13)7-8-18(25)21-11-15-3-5-16(6-4-15)24-10-9-20-12-24/h3-6,9-10,12,17H,7-8,11H2,1-2H3,(H,21,25). The molecule has 1 aliphatic heterocycles. The molecule has 2 heterocycles. The lowest BCUT2D eigenvalue weighted by atomic mass is 9.96. The molecule has 0 spiro atoms. The minimum atomic E-state index is -0.390. The maximum absolute atomic E-state index is 12.1. The van der Waals surface area contributed by atoms with Crippen LogP contribution >= 0.6 is 0 Å². The lowest BCUT2D eigenvalue weighted by Gasteiger charge is -2.16. The molecule has 26 heavy (non-hydrogen) atoms. The van der Waals surface area contributed by atoms with Crippen molar-refractivity contribution in [1.82, 2.24) is 14.9 Å². The molecule has 1 aromatic carbocycles. The van der Waals surface area contributed by atoms with E-state index in [2.05, 4.69) is 20.3 Å². The van der Waals surface area contributed by atoms with Gasteiger partial charge < -0.3 is 9.88 Å². The molecule has 1 aromatic heterocycles. The second-order valence-electron chi connectivity index (χ2n) is 6.25. The molecule has 0 saturated carbocycles. The van der Waals surface area contributed by atoms with E-state index in [-0.39, 0.29) is 24.2 Å². The van der Waals surface area contributed by atoms with Gasteiger partial charge in [-0.05, 0) is 38.0 Å². The molecule has 1 N–H and O–H groups in total. The molecule has 0 aliphatic carbocycles. The van der Waals surface area contributed by atoms with Crippen molar-refractivity contribution in [1.29, 1.82) is 0 Å². The molecule has 1 unspecified atom stereocenters. The third-order valence-electron chi connectivity index (χ3n) is 4.30. The lowest BCUT2D eigenvalue weighted by molar-refractivity contribution is -0.122. The van der Waals surface area contributed by atoms with Crippen molar-refractivity contribution in [2.24, 2.45) is 15.9 Å². The maximum Gasteiger partial charge on any atom is 0.256 e. The molecule has 2 amide bonds. The summed E-state index contributed by atoms with van der Waals surface area (Å²) in [7, 11) is 0. The predicted octanol–water partition coefficient (Wildman–Crippen LogP) is 2.30. The van der Waals surface area contributed by atoms with Crippen molar-refractivity contribution in [3.63, 3.8) is 0 Å². The summed E-state index contributed by atoms with van der Waals surface area (Å²) >= 11 is 0. The van der Waals surface area contributed by atoms with Gasteiger partial charge in [-0.25, -0.2) is 9.98 Å². The molecule has 0 fully saturated rings. The molecule has 0 bridgehead atoms. The second kappa shape index (κ2) is 7.86. The average Bonchev–Trinajstić information content (AvgIpc) is 3.14. The minimum Gasteiger partial charge on any atom is -0.352 e. The van der Waals surface area contributed by atoms with Gasteiger partial charge in [0.15, 0.2) is 0 Å². The number of amides is 2. The number of hydrogen-bond acceptors (Lipinski definition) is 4. The monoisotopic (exact) mass is 351 g/mol. The number of carbonyl (C=O) groups is 2. The number of aliphatic imine (C=N–C) groups is 2. The van der Waals surface area contributed by atoms with Crippen LogP contribution in [0.25, 0.3) is 5.69 Å². The zero-order chi connectivity index (χ0) is 18.5. The quantitative estimate of drug-likeness (QED) is 0.866. The number of carbonyl (C=O) groups excluding carboxylic acids is 2. The second-order valence-corrected chi connectivity index (χ2v) is 6.25. The van der Waals surface area contributed by atoms with E-state index >= 15 is 0 Å². The first kappa shape index (κ1) is 17.7. The van der Waals surface area contributed by atoms with Gasteiger partial charge in [0.1, 0.15) is 5.84 Å². The lowest BCUT2D eigenvalue weighted by Crippen LogP contribution is -2.29. The molecule has 1 aliphatic rings. The number of nitrogens with one attached hydrogen (secondary N) is 1. The van der Waals surface area contributed by atoms with E-state index in [1.165, 1.54) is 0 Å². The largest absolute Gasteiger partial charge is 0.352 e. The van der Waals surface area contributed by atoms with Crippen LogP contribution in [0, 0.1) is 5.92 Å². The molecule has 1 atom stereocenters. The number of nitrogens with zero attached hydrogens (tertiary/aromatic N) is 4. The van der Waals surface area contributed by atoms with E-state index in [4.69, 9.17) is 0 Å². The molecule has 2 aromatic rings. The SMILES string of the molecule is CC1=NC(=O)C(CCC(=O)NCc2ccc(-n3ccnc3)cc2)C(C)=N1. The maximum atomic E-state index is 12.1. The first-order valence-corrected chi connectivity index (χ1v) is 8.51. The Hall–Kier alpha value is -3.09. The fourth-order valence-corrected chi connectivity index (χ4v) is 2.87. The van der Waals surface area contributed by atoms with Gasteiger partial charge in [0.2, 0.25) is 5.91 Å². The van der Waals surface area contributed by atoms with Gasteiger partial charge in [-0.1, -0.05) is 12.1 Å². The van der Waals surface area contributed by atoms with Crippen molar-refractivity contribution in [3.8, 4) is 5.69 Å². The van der Waals surface area contributed by atoms with Crippen molar-refractivity contribution >= 4 is 23.4 Å². The van der Waals surface area contributed by atoms with E-state index in [0.717, 1.165) is 17.0 Å². The highest BCUT2D eigenvalue weighted by Crippen LogP contribution is 2.16. The fourth-order valence-electron chi connectivity index (χ4n) is 2.87. The summed E-state index contributed by atoms with van der Waals surface area (Å²) < 4.78 is 1.91. The average molecular weight is 351 g/mol. The first-order valence-electron chi connectivity index (χ1n) is 8.51. The van der Waals surface area contributed by atoms with Gasteiger partial charge in [-0.3, -0.25) is 9.59 Å². The number of imidazole rings is 1. The normalized spacial score (nSPS) is 16.8. The summed E-state index contributed by atoms with van der Waals surface area (Å²) in [6.07, 6.45) is 6.03. The zero-order valence-corrected chi connectivity index (χ0v) is 14.8. The summed E-state index contributed by atoms with van der Waals surface area (Å²) in [6.45, 7) is 3.95. The highest BCUT2D eigenvalue weighted by atomic mass is 16.2. The van der Waals surface area contributed by atoms with Crippen molar-refractivity contribution in [2.45, 2.75) is 33.2 Å².